The van der Waals surface area contributed by atoms with E-state index in [4.69, 9.17) is 5.26 Å². The van der Waals surface area contributed by atoms with Crippen LogP contribution in [0.4, 0.5) is 0 Å². The molecular formula is C12H22N4O. The molecule has 17 heavy (non-hydrogen) atoms. The minimum atomic E-state index is 0.184. The Morgan fingerprint density at radius 1 is 1.24 bits per heavy atom. The number of nitriles is 1. The van der Waals surface area contributed by atoms with E-state index in [9.17, 15) is 5.21 Å². The highest BCUT2D eigenvalue weighted by molar-refractivity contribution is 4.99. The number of nitrogens with zero attached hydrogens (tertiary/aromatic N) is 4. The minimum Gasteiger partial charge on any atom is -0.314 e. The van der Waals surface area contributed by atoms with Gasteiger partial charge in [0.1, 0.15) is 0 Å². The molecule has 96 valence electrons. The molecule has 1 spiro atoms. The van der Waals surface area contributed by atoms with Gasteiger partial charge in [0.2, 0.25) is 0 Å². The smallest absolute Gasteiger partial charge is 0.0635 e. The Hall–Kier alpha value is -0.670. The molecule has 5 heteroatoms. The molecule has 0 aliphatic carbocycles. The van der Waals surface area contributed by atoms with Crippen LogP contribution >= 0.6 is 0 Å². The van der Waals surface area contributed by atoms with Crippen LogP contribution in [0.25, 0.3) is 0 Å². The van der Waals surface area contributed by atoms with E-state index >= 15 is 0 Å². The lowest BCUT2D eigenvalue weighted by molar-refractivity contribution is -0.143. The van der Waals surface area contributed by atoms with Gasteiger partial charge in [0.05, 0.1) is 6.07 Å². The molecule has 0 atom stereocenters. The van der Waals surface area contributed by atoms with Gasteiger partial charge in [-0.05, 0) is 19.9 Å². The second kappa shape index (κ2) is 5.32. The summed E-state index contributed by atoms with van der Waals surface area (Å²) < 4.78 is 0. The van der Waals surface area contributed by atoms with Crippen LogP contribution in [-0.4, -0.2) is 71.9 Å². The lowest BCUT2D eigenvalue weighted by Crippen LogP contribution is -2.64. The van der Waals surface area contributed by atoms with Crippen LogP contribution in [-0.2, 0) is 0 Å². The molecule has 0 aromatic carbocycles. The number of hydrogen-bond acceptors (Lipinski definition) is 5. The van der Waals surface area contributed by atoms with Crippen LogP contribution in [0.1, 0.15) is 19.3 Å². The summed E-state index contributed by atoms with van der Waals surface area (Å²) in [5.41, 5.74) is 0.184. The van der Waals surface area contributed by atoms with Gasteiger partial charge in [0, 0.05) is 51.2 Å². The molecule has 2 saturated heterocycles. The summed E-state index contributed by atoms with van der Waals surface area (Å²) in [7, 11) is 2.16. The van der Waals surface area contributed by atoms with E-state index in [0.717, 1.165) is 52.1 Å². The molecule has 0 aromatic rings. The maximum absolute atomic E-state index is 9.50. The van der Waals surface area contributed by atoms with Gasteiger partial charge in [-0.15, -0.1) is 0 Å². The molecule has 2 rings (SSSR count). The zero-order valence-corrected chi connectivity index (χ0v) is 10.6. The Morgan fingerprint density at radius 3 is 2.59 bits per heavy atom. The quantitative estimate of drug-likeness (QED) is 0.753. The molecule has 0 amide bonds. The number of hydrogen-bond donors (Lipinski definition) is 1. The van der Waals surface area contributed by atoms with E-state index in [-0.39, 0.29) is 5.54 Å². The van der Waals surface area contributed by atoms with Crippen LogP contribution in [0.3, 0.4) is 0 Å². The molecule has 1 N–H and O–H groups in total. The number of hydroxylamine groups is 2. The monoisotopic (exact) mass is 238 g/mol. The highest BCUT2D eigenvalue weighted by Gasteiger charge is 2.42. The Morgan fingerprint density at radius 2 is 1.94 bits per heavy atom. The molecule has 0 aromatic heterocycles. The van der Waals surface area contributed by atoms with Gasteiger partial charge in [-0.25, -0.2) is 0 Å². The van der Waals surface area contributed by atoms with E-state index < -0.39 is 0 Å². The van der Waals surface area contributed by atoms with Crippen molar-refractivity contribution in [2.45, 2.75) is 24.8 Å². The van der Waals surface area contributed by atoms with Crippen LogP contribution < -0.4 is 0 Å². The Bertz CT molecular complexity index is 293. The van der Waals surface area contributed by atoms with Gasteiger partial charge in [-0.3, -0.25) is 4.90 Å². The van der Waals surface area contributed by atoms with Crippen molar-refractivity contribution in [3.05, 3.63) is 0 Å². The maximum Gasteiger partial charge on any atom is 0.0635 e. The third kappa shape index (κ3) is 2.78. The zero-order valence-electron chi connectivity index (χ0n) is 10.6. The first-order chi connectivity index (χ1) is 8.16. The number of piperazine rings is 1. The number of rotatable bonds is 2. The molecule has 2 aliphatic heterocycles. The third-order valence-corrected chi connectivity index (χ3v) is 4.15. The third-order valence-electron chi connectivity index (χ3n) is 4.15. The number of likely N-dealkylation sites (N-methyl/N-ethyl adjacent to an activating group) is 1. The van der Waals surface area contributed by atoms with Crippen molar-refractivity contribution in [3.8, 4) is 6.07 Å². The largest absolute Gasteiger partial charge is 0.314 e. The van der Waals surface area contributed by atoms with Crippen LogP contribution in [0, 0.1) is 11.3 Å². The molecule has 2 heterocycles. The van der Waals surface area contributed by atoms with Gasteiger partial charge in [-0.1, -0.05) is 0 Å². The highest BCUT2D eigenvalue weighted by atomic mass is 16.5. The molecule has 5 nitrogen and oxygen atoms in total. The first-order valence-corrected chi connectivity index (χ1v) is 6.41. The van der Waals surface area contributed by atoms with Gasteiger partial charge in [0.15, 0.2) is 0 Å². The van der Waals surface area contributed by atoms with Gasteiger partial charge in [0.25, 0.3) is 0 Å². The summed E-state index contributed by atoms with van der Waals surface area (Å²) >= 11 is 0. The minimum absolute atomic E-state index is 0.184. The normalized spacial score (nSPS) is 27.1. The Balaban J connectivity index is 2.05. The van der Waals surface area contributed by atoms with Crippen molar-refractivity contribution in [1.82, 2.24) is 14.9 Å². The summed E-state index contributed by atoms with van der Waals surface area (Å²) in [6.07, 6.45) is 2.60. The van der Waals surface area contributed by atoms with E-state index in [0.29, 0.717) is 6.42 Å². The average molecular weight is 238 g/mol. The van der Waals surface area contributed by atoms with Gasteiger partial charge < -0.3 is 10.1 Å². The fourth-order valence-electron chi connectivity index (χ4n) is 3.13. The van der Waals surface area contributed by atoms with Gasteiger partial charge in [-0.2, -0.15) is 10.3 Å². The predicted octanol–water partition coefficient (Wildman–Crippen LogP) is 0.371. The van der Waals surface area contributed by atoms with Crippen LogP contribution in [0.5, 0.6) is 0 Å². The summed E-state index contributed by atoms with van der Waals surface area (Å²) in [5, 5.41) is 19.7. The van der Waals surface area contributed by atoms with Crippen molar-refractivity contribution < 1.29 is 5.21 Å². The number of piperidine rings is 1. The summed E-state index contributed by atoms with van der Waals surface area (Å²) in [4.78, 5) is 4.85. The zero-order chi connectivity index (χ0) is 12.3. The predicted molar refractivity (Wildman–Crippen MR) is 64.6 cm³/mol. The molecular weight excluding hydrogens is 216 g/mol. The summed E-state index contributed by atoms with van der Waals surface area (Å²) in [6.45, 7) is 5.55. The first-order valence-electron chi connectivity index (χ1n) is 6.41. The van der Waals surface area contributed by atoms with E-state index in [2.05, 4.69) is 22.9 Å². The molecule has 0 bridgehead atoms. The molecule has 0 saturated carbocycles. The molecule has 2 aliphatic rings. The second-order valence-corrected chi connectivity index (χ2v) is 5.31. The first kappa shape index (κ1) is 12.8. The van der Waals surface area contributed by atoms with Crippen molar-refractivity contribution in [2.24, 2.45) is 0 Å². The van der Waals surface area contributed by atoms with Crippen molar-refractivity contribution in [3.63, 3.8) is 0 Å². The fourth-order valence-corrected chi connectivity index (χ4v) is 3.13. The highest BCUT2D eigenvalue weighted by Crippen LogP contribution is 2.31. The lowest BCUT2D eigenvalue weighted by Gasteiger charge is -2.53. The van der Waals surface area contributed by atoms with Gasteiger partial charge >= 0.3 is 0 Å². The molecule has 2 fully saturated rings. The second-order valence-electron chi connectivity index (χ2n) is 5.31. The van der Waals surface area contributed by atoms with Crippen LogP contribution in [0.15, 0.2) is 0 Å². The summed E-state index contributed by atoms with van der Waals surface area (Å²) in [6, 6.07) is 2.24. The topological polar surface area (TPSA) is 53.7 Å². The van der Waals surface area contributed by atoms with Crippen molar-refractivity contribution >= 4 is 0 Å². The van der Waals surface area contributed by atoms with E-state index in [1.54, 1.807) is 0 Å². The van der Waals surface area contributed by atoms with Crippen molar-refractivity contribution in [1.29, 1.82) is 5.26 Å². The van der Waals surface area contributed by atoms with E-state index in [1.807, 2.05) is 0 Å². The fraction of sp³-hybridized carbons (Fsp3) is 0.917. The van der Waals surface area contributed by atoms with Crippen LogP contribution in [0.2, 0.25) is 0 Å². The molecule has 0 radical (unpaired) electrons. The Kier molecular flexibility index (Phi) is 4.00. The SMILES string of the molecule is CN1CCN(CCC#N)C2(CCN(O)CC2)C1. The van der Waals surface area contributed by atoms with Crippen molar-refractivity contribution in [2.75, 3.05) is 46.3 Å². The lowest BCUT2D eigenvalue weighted by atomic mass is 9.84. The maximum atomic E-state index is 9.50. The van der Waals surface area contributed by atoms with E-state index in [1.165, 1.54) is 5.06 Å². The standard InChI is InChI=1S/C12H22N4O/c1-14-9-10-15(6-2-5-13)12(11-14)3-7-16(17)8-4-12/h17H,2-4,6-11H2,1H3. The Labute approximate surface area is 103 Å². The molecule has 0 unspecified atom stereocenters. The summed E-state index contributed by atoms with van der Waals surface area (Å²) in [5.74, 6) is 0. The average Bonchev–Trinajstić information content (AvgIpc) is 2.32.